The molecule has 2 aliphatic carbocycles. The van der Waals surface area contributed by atoms with Gasteiger partial charge in [-0.1, -0.05) is 35.4 Å². The molecule has 1 spiro atoms. The highest BCUT2D eigenvalue weighted by molar-refractivity contribution is 5.83. The maximum Gasteiger partial charge on any atom is 0.316 e. The Kier molecular flexibility index (Phi) is 4.15. The first-order valence-electron chi connectivity index (χ1n) is 10.2. The van der Waals surface area contributed by atoms with Crippen LogP contribution in [0.2, 0.25) is 0 Å². The lowest BCUT2D eigenvalue weighted by atomic mass is 9.93. The van der Waals surface area contributed by atoms with Crippen LogP contribution in [0.1, 0.15) is 55.9 Å². The van der Waals surface area contributed by atoms with E-state index in [0.717, 1.165) is 25.9 Å². The number of hydrogen-bond acceptors (Lipinski definition) is 5. The molecule has 5 rings (SSSR count). The first-order chi connectivity index (χ1) is 13.9. The quantitative estimate of drug-likeness (QED) is 0.824. The maximum atomic E-state index is 14.3. The maximum absolute atomic E-state index is 14.3. The lowest BCUT2D eigenvalue weighted by molar-refractivity contribution is -0.133. The molecule has 3 aliphatic rings. The van der Waals surface area contributed by atoms with Gasteiger partial charge in [-0.15, -0.1) is 5.10 Å². The molecule has 1 aromatic carbocycles. The van der Waals surface area contributed by atoms with E-state index in [1.807, 2.05) is 4.90 Å². The molecular weight excluding hydrogens is 378 g/mol. The number of benzene rings is 1. The number of likely N-dealkylation sites (tertiary alicyclic amines) is 1. The van der Waals surface area contributed by atoms with Crippen molar-refractivity contribution in [3.8, 4) is 0 Å². The first-order valence-corrected chi connectivity index (χ1v) is 10.2. The second kappa shape index (κ2) is 6.50. The van der Waals surface area contributed by atoms with Gasteiger partial charge in [0.25, 0.3) is 5.92 Å². The van der Waals surface area contributed by atoms with Crippen molar-refractivity contribution in [1.29, 1.82) is 0 Å². The van der Waals surface area contributed by atoms with Crippen molar-refractivity contribution in [1.82, 2.24) is 15.1 Å². The van der Waals surface area contributed by atoms with Gasteiger partial charge in [-0.05, 0) is 43.6 Å². The van der Waals surface area contributed by atoms with Crippen molar-refractivity contribution in [3.63, 3.8) is 0 Å². The minimum Gasteiger partial charge on any atom is -0.408 e. The number of aromatic nitrogens is 2. The van der Waals surface area contributed by atoms with E-state index >= 15 is 0 Å². The average molecular weight is 402 g/mol. The topological polar surface area (TPSA) is 71.3 Å². The van der Waals surface area contributed by atoms with Gasteiger partial charge in [0.05, 0.1) is 5.92 Å². The lowest BCUT2D eigenvalue weighted by Crippen LogP contribution is -2.45. The fourth-order valence-corrected chi connectivity index (χ4v) is 4.53. The van der Waals surface area contributed by atoms with E-state index in [1.165, 1.54) is 12.8 Å². The predicted octanol–water partition coefficient (Wildman–Crippen LogP) is 3.79. The Hall–Kier alpha value is -2.51. The minimum atomic E-state index is -2.92. The third-order valence-electron chi connectivity index (χ3n) is 6.72. The van der Waals surface area contributed by atoms with Gasteiger partial charge in [0.2, 0.25) is 11.8 Å². The smallest absolute Gasteiger partial charge is 0.316 e. The van der Waals surface area contributed by atoms with E-state index in [-0.39, 0.29) is 17.8 Å². The SMILES string of the molecule is C[C@@H](Nc1nnc([C@@H]2[C@@H](c3ccccc3)C2(F)F)o1)C(=O)N1CCC2(CC1)CC2. The Bertz CT molecular complexity index is 902. The summed E-state index contributed by atoms with van der Waals surface area (Å²) in [5, 5.41) is 10.5. The largest absolute Gasteiger partial charge is 0.408 e. The molecule has 154 valence electrons. The number of alkyl halides is 2. The molecule has 3 atom stereocenters. The fourth-order valence-electron chi connectivity index (χ4n) is 4.53. The van der Waals surface area contributed by atoms with E-state index in [4.69, 9.17) is 4.42 Å². The van der Waals surface area contributed by atoms with E-state index in [1.54, 1.807) is 37.3 Å². The normalized spacial score (nSPS) is 27.5. The van der Waals surface area contributed by atoms with E-state index in [2.05, 4.69) is 15.5 Å². The van der Waals surface area contributed by atoms with Gasteiger partial charge < -0.3 is 14.6 Å². The van der Waals surface area contributed by atoms with Crippen molar-refractivity contribution in [2.45, 2.75) is 56.4 Å². The number of nitrogens with zero attached hydrogens (tertiary/aromatic N) is 3. The second-order valence-electron chi connectivity index (χ2n) is 8.68. The van der Waals surface area contributed by atoms with Gasteiger partial charge in [0.15, 0.2) is 0 Å². The molecule has 29 heavy (non-hydrogen) atoms. The van der Waals surface area contributed by atoms with Crippen LogP contribution in [0.3, 0.4) is 0 Å². The number of piperidine rings is 1. The predicted molar refractivity (Wildman–Crippen MR) is 102 cm³/mol. The Labute approximate surface area is 167 Å². The molecule has 1 saturated heterocycles. The van der Waals surface area contributed by atoms with Crippen LogP contribution in [0.15, 0.2) is 34.7 Å². The molecule has 2 saturated carbocycles. The molecule has 3 fully saturated rings. The van der Waals surface area contributed by atoms with Crippen LogP contribution < -0.4 is 5.32 Å². The van der Waals surface area contributed by atoms with E-state index < -0.39 is 23.8 Å². The molecular formula is C21H24F2N4O2. The number of nitrogens with one attached hydrogen (secondary N) is 1. The molecule has 0 bridgehead atoms. The molecule has 0 unspecified atom stereocenters. The molecule has 2 aromatic rings. The van der Waals surface area contributed by atoms with Crippen molar-refractivity contribution in [2.24, 2.45) is 5.41 Å². The summed E-state index contributed by atoms with van der Waals surface area (Å²) >= 11 is 0. The Morgan fingerprint density at radius 3 is 2.48 bits per heavy atom. The summed E-state index contributed by atoms with van der Waals surface area (Å²) in [6, 6.07) is 8.07. The number of halogens is 2. The summed E-state index contributed by atoms with van der Waals surface area (Å²) in [5.74, 6) is -5.13. The van der Waals surface area contributed by atoms with E-state index in [0.29, 0.717) is 11.0 Å². The van der Waals surface area contributed by atoms with Crippen LogP contribution in [-0.4, -0.2) is 46.1 Å². The van der Waals surface area contributed by atoms with Crippen LogP contribution in [0.4, 0.5) is 14.8 Å². The summed E-state index contributed by atoms with van der Waals surface area (Å²) in [6.45, 7) is 3.27. The zero-order valence-electron chi connectivity index (χ0n) is 16.3. The average Bonchev–Trinajstić information content (AvgIpc) is 3.53. The number of amides is 1. The van der Waals surface area contributed by atoms with Crippen LogP contribution >= 0.6 is 0 Å². The Balaban J connectivity index is 1.22. The van der Waals surface area contributed by atoms with Crippen LogP contribution in [-0.2, 0) is 4.79 Å². The van der Waals surface area contributed by atoms with Gasteiger partial charge in [0, 0.05) is 13.1 Å². The third kappa shape index (κ3) is 3.28. The second-order valence-corrected chi connectivity index (χ2v) is 8.68. The van der Waals surface area contributed by atoms with Crippen molar-refractivity contribution in [2.75, 3.05) is 18.4 Å². The van der Waals surface area contributed by atoms with Crippen LogP contribution in [0.5, 0.6) is 0 Å². The first kappa shape index (κ1) is 18.5. The van der Waals surface area contributed by atoms with Crippen molar-refractivity contribution in [3.05, 3.63) is 41.8 Å². The van der Waals surface area contributed by atoms with Gasteiger partial charge in [-0.2, -0.15) is 0 Å². The minimum absolute atomic E-state index is 0.00559. The number of hydrogen-bond donors (Lipinski definition) is 1. The lowest BCUT2D eigenvalue weighted by Gasteiger charge is -2.33. The summed E-state index contributed by atoms with van der Waals surface area (Å²) in [7, 11) is 0. The third-order valence-corrected chi connectivity index (χ3v) is 6.72. The molecule has 6 nitrogen and oxygen atoms in total. The molecule has 2 heterocycles. The number of rotatable bonds is 5. The standard InChI is InChI=1S/C21H24F2N4O2/c1-13(18(28)27-11-9-20(7-8-20)10-12-27)24-19-26-25-17(29-19)16-15(21(16,22)23)14-5-3-2-4-6-14/h2-6,13,15-16H,7-12H2,1H3,(H,24,26)/t13-,15-,16+/m1/s1. The highest BCUT2D eigenvalue weighted by atomic mass is 19.3. The van der Waals surface area contributed by atoms with Gasteiger partial charge in [0.1, 0.15) is 12.0 Å². The Morgan fingerprint density at radius 1 is 1.14 bits per heavy atom. The molecule has 1 aliphatic heterocycles. The molecule has 1 aromatic heterocycles. The van der Waals surface area contributed by atoms with Crippen LogP contribution in [0, 0.1) is 5.41 Å². The monoisotopic (exact) mass is 402 g/mol. The molecule has 8 heteroatoms. The Morgan fingerprint density at radius 2 is 1.83 bits per heavy atom. The number of carbonyl (C=O) groups is 1. The van der Waals surface area contributed by atoms with Crippen molar-refractivity contribution < 1.29 is 18.0 Å². The van der Waals surface area contributed by atoms with Gasteiger partial charge >= 0.3 is 6.01 Å². The molecule has 1 N–H and O–H groups in total. The summed E-state index contributed by atoms with van der Waals surface area (Å²) in [6.07, 6.45) is 4.69. The zero-order chi connectivity index (χ0) is 20.2. The zero-order valence-corrected chi connectivity index (χ0v) is 16.3. The molecule has 0 radical (unpaired) electrons. The summed E-state index contributed by atoms with van der Waals surface area (Å²) in [4.78, 5) is 14.5. The highest BCUT2D eigenvalue weighted by Gasteiger charge is 2.72. The summed E-state index contributed by atoms with van der Waals surface area (Å²) in [5.41, 5.74) is 1.05. The van der Waals surface area contributed by atoms with Gasteiger partial charge in [-0.25, -0.2) is 8.78 Å². The number of carbonyl (C=O) groups excluding carboxylic acids is 1. The van der Waals surface area contributed by atoms with Gasteiger partial charge in [-0.3, -0.25) is 4.79 Å². The highest BCUT2D eigenvalue weighted by Crippen LogP contribution is 2.66. The fraction of sp³-hybridized carbons (Fsp3) is 0.571. The molecule has 1 amide bonds. The van der Waals surface area contributed by atoms with Crippen LogP contribution in [0.25, 0.3) is 0 Å². The number of anilines is 1. The van der Waals surface area contributed by atoms with Crippen molar-refractivity contribution >= 4 is 11.9 Å². The van der Waals surface area contributed by atoms with E-state index in [9.17, 15) is 13.6 Å². The summed E-state index contributed by atoms with van der Waals surface area (Å²) < 4.78 is 34.1.